The molecule has 0 saturated heterocycles. The van der Waals surface area contributed by atoms with Crippen molar-refractivity contribution in [3.8, 4) is 0 Å². The Balaban J connectivity index is 2.37. The quantitative estimate of drug-likeness (QED) is 0.829. The highest BCUT2D eigenvalue weighted by molar-refractivity contribution is 7.99. The molecule has 3 nitrogen and oxygen atoms in total. The van der Waals surface area contributed by atoms with Gasteiger partial charge in [0.05, 0.1) is 11.0 Å². The van der Waals surface area contributed by atoms with Crippen LogP contribution in [0.4, 0.5) is 0 Å². The van der Waals surface area contributed by atoms with Gasteiger partial charge < -0.3 is 9.67 Å². The smallest absolute Gasteiger partial charge is 0.138 e. The number of nitrogens with zero attached hydrogens (tertiary/aromatic N) is 2. The summed E-state index contributed by atoms with van der Waals surface area (Å²) in [6.07, 6.45) is -0.519. The Bertz CT molecular complexity index is 493. The second kappa shape index (κ2) is 5.56. The second-order valence-corrected chi connectivity index (χ2v) is 5.38. The maximum absolute atomic E-state index is 9.77. The first kappa shape index (κ1) is 12.5. The summed E-state index contributed by atoms with van der Waals surface area (Å²) in [5, 5.41) is 9.77. The molecule has 0 aliphatic heterocycles. The number of aliphatic hydroxyl groups excluding tert-OH is 1. The highest BCUT2D eigenvalue weighted by atomic mass is 32.2. The maximum atomic E-state index is 9.77. The topological polar surface area (TPSA) is 38.0 Å². The highest BCUT2D eigenvalue weighted by Crippen LogP contribution is 2.21. The zero-order chi connectivity index (χ0) is 12.3. The molecule has 1 atom stereocenters. The van der Waals surface area contributed by atoms with Crippen molar-refractivity contribution < 1.29 is 5.11 Å². The molecule has 0 aliphatic rings. The van der Waals surface area contributed by atoms with Gasteiger partial charge in [-0.1, -0.05) is 19.1 Å². The average molecular weight is 250 g/mol. The third-order valence-corrected chi connectivity index (χ3v) is 3.60. The van der Waals surface area contributed by atoms with E-state index in [1.54, 1.807) is 6.92 Å². The van der Waals surface area contributed by atoms with E-state index in [2.05, 4.69) is 22.5 Å². The minimum atomic E-state index is -0.519. The number of rotatable bonds is 5. The van der Waals surface area contributed by atoms with Crippen LogP contribution in [0.2, 0.25) is 0 Å². The van der Waals surface area contributed by atoms with Gasteiger partial charge in [-0.25, -0.2) is 4.98 Å². The molecule has 1 aromatic heterocycles. The predicted octanol–water partition coefficient (Wildman–Crippen LogP) is 2.84. The van der Waals surface area contributed by atoms with Gasteiger partial charge in [0.1, 0.15) is 11.9 Å². The molecule has 0 saturated carbocycles. The highest BCUT2D eigenvalue weighted by Gasteiger charge is 2.13. The molecule has 0 fully saturated rings. The number of para-hydroxylation sites is 2. The van der Waals surface area contributed by atoms with Gasteiger partial charge >= 0.3 is 0 Å². The minimum absolute atomic E-state index is 0.519. The average Bonchev–Trinajstić information content (AvgIpc) is 2.69. The Morgan fingerprint density at radius 2 is 2.18 bits per heavy atom. The Kier molecular flexibility index (Phi) is 4.07. The van der Waals surface area contributed by atoms with E-state index in [4.69, 9.17) is 0 Å². The molecule has 4 heteroatoms. The summed E-state index contributed by atoms with van der Waals surface area (Å²) < 4.78 is 2.13. The van der Waals surface area contributed by atoms with Crippen molar-refractivity contribution in [2.24, 2.45) is 0 Å². The van der Waals surface area contributed by atoms with E-state index < -0.39 is 6.10 Å². The lowest BCUT2D eigenvalue weighted by Gasteiger charge is -2.10. The number of aryl methyl sites for hydroxylation is 1. The normalized spacial score (nSPS) is 13.1. The van der Waals surface area contributed by atoms with E-state index >= 15 is 0 Å². The predicted molar refractivity (Wildman–Crippen MR) is 73.4 cm³/mol. The van der Waals surface area contributed by atoms with Gasteiger partial charge in [0.2, 0.25) is 0 Å². The molecular formula is C13H18N2OS. The fourth-order valence-corrected chi connectivity index (χ4v) is 2.55. The van der Waals surface area contributed by atoms with Crippen LogP contribution in [0.25, 0.3) is 11.0 Å². The monoisotopic (exact) mass is 250 g/mol. The molecule has 92 valence electrons. The molecule has 0 radical (unpaired) electrons. The summed E-state index contributed by atoms with van der Waals surface area (Å²) in [7, 11) is 0. The largest absolute Gasteiger partial charge is 0.385 e. The van der Waals surface area contributed by atoms with Crippen LogP contribution < -0.4 is 0 Å². The first-order valence-corrected chi connectivity index (χ1v) is 7.10. The molecule has 1 N–H and O–H groups in total. The van der Waals surface area contributed by atoms with Crippen molar-refractivity contribution in [1.29, 1.82) is 0 Å². The summed E-state index contributed by atoms with van der Waals surface area (Å²) >= 11 is 1.91. The van der Waals surface area contributed by atoms with E-state index in [1.165, 1.54) is 0 Å². The molecule has 1 heterocycles. The number of fused-ring (bicyclic) bond motifs is 1. The fraction of sp³-hybridized carbons (Fsp3) is 0.462. The van der Waals surface area contributed by atoms with Crippen LogP contribution in [0.5, 0.6) is 0 Å². The molecule has 17 heavy (non-hydrogen) atoms. The molecule has 1 aromatic carbocycles. The Labute approximate surface area is 106 Å². The summed E-state index contributed by atoms with van der Waals surface area (Å²) in [4.78, 5) is 4.49. The van der Waals surface area contributed by atoms with Crippen molar-refractivity contribution in [2.75, 3.05) is 11.5 Å². The van der Waals surface area contributed by atoms with Crippen molar-refractivity contribution in [1.82, 2.24) is 9.55 Å². The fourth-order valence-electron chi connectivity index (χ4n) is 1.95. The van der Waals surface area contributed by atoms with E-state index in [1.807, 2.05) is 30.0 Å². The molecule has 0 unspecified atom stereocenters. The third-order valence-electron chi connectivity index (χ3n) is 2.72. The summed E-state index contributed by atoms with van der Waals surface area (Å²) in [5.41, 5.74) is 2.07. The van der Waals surface area contributed by atoms with Crippen LogP contribution >= 0.6 is 11.8 Å². The van der Waals surface area contributed by atoms with Gasteiger partial charge in [-0.3, -0.25) is 0 Å². The Hall–Kier alpha value is -1.00. The molecule has 0 spiro atoms. The minimum Gasteiger partial charge on any atom is -0.385 e. The maximum Gasteiger partial charge on any atom is 0.138 e. The van der Waals surface area contributed by atoms with E-state index in [0.717, 1.165) is 34.9 Å². The Morgan fingerprint density at radius 1 is 1.41 bits per heavy atom. The summed E-state index contributed by atoms with van der Waals surface area (Å²) in [5.74, 6) is 2.94. The van der Waals surface area contributed by atoms with Gasteiger partial charge in [-0.05, 0) is 24.8 Å². The number of hydrogen-bond donors (Lipinski definition) is 1. The van der Waals surface area contributed by atoms with Gasteiger partial charge in [0, 0.05) is 12.3 Å². The van der Waals surface area contributed by atoms with Crippen LogP contribution in [-0.4, -0.2) is 26.2 Å². The number of aliphatic hydroxyl groups is 1. The number of benzene rings is 1. The number of thioether (sulfide) groups is 1. The molecule has 0 bridgehead atoms. The zero-order valence-electron chi connectivity index (χ0n) is 10.3. The first-order valence-electron chi connectivity index (χ1n) is 5.95. The SMILES string of the molecule is CCSCCn1c([C@@H](C)O)nc2ccccc21. The first-order chi connectivity index (χ1) is 8.24. The zero-order valence-corrected chi connectivity index (χ0v) is 11.1. The number of hydrogen-bond acceptors (Lipinski definition) is 3. The van der Waals surface area contributed by atoms with E-state index in [0.29, 0.717) is 0 Å². The van der Waals surface area contributed by atoms with Crippen molar-refractivity contribution >= 4 is 22.8 Å². The molecular weight excluding hydrogens is 232 g/mol. The van der Waals surface area contributed by atoms with Crippen LogP contribution in [0.15, 0.2) is 24.3 Å². The molecule has 0 aliphatic carbocycles. The van der Waals surface area contributed by atoms with Crippen molar-refractivity contribution in [3.63, 3.8) is 0 Å². The van der Waals surface area contributed by atoms with Gasteiger partial charge in [-0.2, -0.15) is 11.8 Å². The van der Waals surface area contributed by atoms with Crippen molar-refractivity contribution in [3.05, 3.63) is 30.1 Å². The van der Waals surface area contributed by atoms with Gasteiger partial charge in [0.15, 0.2) is 0 Å². The molecule has 0 amide bonds. The number of aromatic nitrogens is 2. The Morgan fingerprint density at radius 3 is 2.88 bits per heavy atom. The number of imidazole rings is 1. The summed E-state index contributed by atoms with van der Waals surface area (Å²) in [6, 6.07) is 8.04. The standard InChI is InChI=1S/C13H18N2OS/c1-3-17-9-8-15-12-7-5-4-6-11(12)14-13(15)10(2)16/h4-7,10,16H,3,8-9H2,1-2H3/t10-/m1/s1. The van der Waals surface area contributed by atoms with Crippen LogP contribution in [0.1, 0.15) is 25.8 Å². The van der Waals surface area contributed by atoms with Gasteiger partial charge in [-0.15, -0.1) is 0 Å². The summed E-state index contributed by atoms with van der Waals surface area (Å²) in [6.45, 7) is 4.83. The lowest BCUT2D eigenvalue weighted by Crippen LogP contribution is -2.08. The van der Waals surface area contributed by atoms with Crippen molar-refractivity contribution in [2.45, 2.75) is 26.5 Å². The van der Waals surface area contributed by atoms with Crippen LogP contribution in [-0.2, 0) is 6.54 Å². The molecule has 2 aromatic rings. The van der Waals surface area contributed by atoms with Crippen LogP contribution in [0, 0.1) is 0 Å². The van der Waals surface area contributed by atoms with Gasteiger partial charge in [0.25, 0.3) is 0 Å². The lowest BCUT2D eigenvalue weighted by molar-refractivity contribution is 0.185. The second-order valence-electron chi connectivity index (χ2n) is 3.98. The lowest BCUT2D eigenvalue weighted by atomic mass is 10.3. The van der Waals surface area contributed by atoms with E-state index in [9.17, 15) is 5.11 Å². The molecule has 2 rings (SSSR count). The third kappa shape index (κ3) is 2.64. The van der Waals surface area contributed by atoms with E-state index in [-0.39, 0.29) is 0 Å². The van der Waals surface area contributed by atoms with Crippen LogP contribution in [0.3, 0.4) is 0 Å².